The average molecular weight is 282 g/mol. The van der Waals surface area contributed by atoms with Gasteiger partial charge in [0.15, 0.2) is 6.29 Å². The van der Waals surface area contributed by atoms with Crippen molar-refractivity contribution in [3.05, 3.63) is 50.8 Å². The van der Waals surface area contributed by atoms with E-state index in [1.807, 2.05) is 43.5 Å². The molecule has 0 aliphatic carbocycles. The Balaban J connectivity index is 2.73. The lowest BCUT2D eigenvalue weighted by molar-refractivity contribution is 0.112. The highest BCUT2D eigenvalue weighted by Crippen LogP contribution is 2.30. The van der Waals surface area contributed by atoms with Crippen molar-refractivity contribution in [3.63, 3.8) is 0 Å². The van der Waals surface area contributed by atoms with Crippen molar-refractivity contribution in [2.45, 2.75) is 20.8 Å². The third-order valence-corrected chi connectivity index (χ3v) is 3.78. The van der Waals surface area contributed by atoms with Crippen molar-refractivity contribution in [2.75, 3.05) is 0 Å². The van der Waals surface area contributed by atoms with Crippen LogP contribution in [0, 0.1) is 20.8 Å². The van der Waals surface area contributed by atoms with E-state index in [1.165, 1.54) is 0 Å². The van der Waals surface area contributed by atoms with Crippen molar-refractivity contribution >= 4 is 29.5 Å². The van der Waals surface area contributed by atoms with Gasteiger partial charge in [0.1, 0.15) is 0 Å². The Kier molecular flexibility index (Phi) is 3.51. The first-order valence-electron chi connectivity index (χ1n) is 5.56. The van der Waals surface area contributed by atoms with Crippen molar-refractivity contribution in [2.24, 2.45) is 0 Å². The minimum atomic E-state index is 0.621. The third kappa shape index (κ3) is 2.06. The van der Waals surface area contributed by atoms with Gasteiger partial charge in [-0.25, -0.2) is 0 Å². The second-order valence-corrected chi connectivity index (χ2v) is 5.15. The van der Waals surface area contributed by atoms with E-state index in [2.05, 4.69) is 0 Å². The van der Waals surface area contributed by atoms with Gasteiger partial charge in [-0.1, -0.05) is 23.2 Å². The molecule has 0 spiro atoms. The molecule has 0 saturated carbocycles. The van der Waals surface area contributed by atoms with Gasteiger partial charge in [-0.3, -0.25) is 4.79 Å². The number of benzene rings is 1. The lowest BCUT2D eigenvalue weighted by Crippen LogP contribution is -2.01. The third-order valence-electron chi connectivity index (χ3n) is 3.07. The summed E-state index contributed by atoms with van der Waals surface area (Å²) < 4.78 is 1.94. The van der Waals surface area contributed by atoms with Crippen LogP contribution in [0.25, 0.3) is 5.69 Å². The van der Waals surface area contributed by atoms with Crippen molar-refractivity contribution < 1.29 is 4.79 Å². The fourth-order valence-electron chi connectivity index (χ4n) is 2.08. The number of hydrogen-bond acceptors (Lipinski definition) is 1. The predicted octanol–water partition coefficient (Wildman–Crippen LogP) is 4.52. The second-order valence-electron chi connectivity index (χ2n) is 4.33. The van der Waals surface area contributed by atoms with Crippen LogP contribution in [0.15, 0.2) is 18.2 Å². The minimum Gasteiger partial charge on any atom is -0.316 e. The summed E-state index contributed by atoms with van der Waals surface area (Å²) in [5, 5.41) is 1.28. The molecule has 0 amide bonds. The van der Waals surface area contributed by atoms with Crippen LogP contribution in [-0.2, 0) is 0 Å². The molecule has 0 unspecified atom stereocenters. The Labute approximate surface area is 116 Å². The Morgan fingerprint density at radius 1 is 1.06 bits per heavy atom. The maximum absolute atomic E-state index is 11.0. The van der Waals surface area contributed by atoms with E-state index in [9.17, 15) is 4.79 Å². The SMILES string of the molecule is Cc1cc(Cl)c(-n2c(C)cc(C=O)c2C)cc1Cl. The highest BCUT2D eigenvalue weighted by molar-refractivity contribution is 6.35. The summed E-state index contributed by atoms with van der Waals surface area (Å²) in [7, 11) is 0. The molecular formula is C14H13Cl2NO. The van der Waals surface area contributed by atoms with E-state index in [4.69, 9.17) is 23.2 Å². The molecule has 1 aromatic heterocycles. The molecule has 4 heteroatoms. The molecular weight excluding hydrogens is 269 g/mol. The van der Waals surface area contributed by atoms with E-state index >= 15 is 0 Å². The lowest BCUT2D eigenvalue weighted by Gasteiger charge is -2.13. The molecule has 1 aromatic carbocycles. The number of rotatable bonds is 2. The van der Waals surface area contributed by atoms with Crippen molar-refractivity contribution in [3.8, 4) is 5.69 Å². The van der Waals surface area contributed by atoms with Crippen LogP contribution in [0.4, 0.5) is 0 Å². The molecule has 0 radical (unpaired) electrons. The van der Waals surface area contributed by atoms with Gasteiger partial charge in [0.25, 0.3) is 0 Å². The molecule has 0 aliphatic rings. The number of aryl methyl sites for hydroxylation is 2. The molecule has 2 aromatic rings. The Hall–Kier alpha value is -1.25. The Morgan fingerprint density at radius 3 is 2.28 bits per heavy atom. The summed E-state index contributed by atoms with van der Waals surface area (Å²) in [6.07, 6.45) is 0.850. The largest absolute Gasteiger partial charge is 0.316 e. The number of carbonyl (C=O) groups excluding carboxylic acids is 1. The smallest absolute Gasteiger partial charge is 0.151 e. The van der Waals surface area contributed by atoms with Crippen LogP contribution in [0.3, 0.4) is 0 Å². The highest BCUT2D eigenvalue weighted by Gasteiger charge is 2.13. The van der Waals surface area contributed by atoms with Gasteiger partial charge in [-0.05, 0) is 44.5 Å². The maximum atomic E-state index is 11.0. The molecule has 18 heavy (non-hydrogen) atoms. The molecule has 2 nitrogen and oxygen atoms in total. The van der Waals surface area contributed by atoms with Gasteiger partial charge in [0, 0.05) is 22.0 Å². The monoisotopic (exact) mass is 281 g/mol. The quantitative estimate of drug-likeness (QED) is 0.742. The summed E-state index contributed by atoms with van der Waals surface area (Å²) in [6, 6.07) is 5.50. The van der Waals surface area contributed by atoms with Gasteiger partial charge in [0.2, 0.25) is 0 Å². The van der Waals surface area contributed by atoms with Gasteiger partial charge in [0.05, 0.1) is 10.7 Å². The van der Waals surface area contributed by atoms with Gasteiger partial charge in [-0.2, -0.15) is 0 Å². The zero-order chi connectivity index (χ0) is 13.4. The standard InChI is InChI=1S/C14H13Cl2NO/c1-8-4-13(16)14(6-12(8)15)17-9(2)5-11(7-18)10(17)3/h4-7H,1-3H3. The van der Waals surface area contributed by atoms with Crippen molar-refractivity contribution in [1.29, 1.82) is 0 Å². The number of nitrogens with zero attached hydrogens (tertiary/aromatic N) is 1. The summed E-state index contributed by atoms with van der Waals surface area (Å²) in [5.41, 5.74) is 4.22. The molecule has 0 atom stereocenters. The molecule has 0 aliphatic heterocycles. The first kappa shape index (κ1) is 13.2. The number of aromatic nitrogens is 1. The second kappa shape index (κ2) is 4.79. The van der Waals surface area contributed by atoms with Gasteiger partial charge >= 0.3 is 0 Å². The Morgan fingerprint density at radius 2 is 1.72 bits per heavy atom. The Bertz CT molecular complexity index is 629. The zero-order valence-electron chi connectivity index (χ0n) is 10.4. The minimum absolute atomic E-state index is 0.621. The number of halogens is 2. The normalized spacial score (nSPS) is 10.7. The molecule has 0 fully saturated rings. The molecule has 2 rings (SSSR count). The fourth-order valence-corrected chi connectivity index (χ4v) is 2.55. The number of carbonyl (C=O) groups is 1. The maximum Gasteiger partial charge on any atom is 0.151 e. The van der Waals surface area contributed by atoms with Crippen LogP contribution in [0.1, 0.15) is 27.3 Å². The van der Waals surface area contributed by atoms with E-state index in [0.29, 0.717) is 15.6 Å². The molecule has 0 saturated heterocycles. The fraction of sp³-hybridized carbons (Fsp3) is 0.214. The van der Waals surface area contributed by atoms with Crippen LogP contribution in [0.5, 0.6) is 0 Å². The molecule has 1 heterocycles. The topological polar surface area (TPSA) is 22.0 Å². The number of hydrogen-bond donors (Lipinski definition) is 0. The highest BCUT2D eigenvalue weighted by atomic mass is 35.5. The average Bonchev–Trinajstić information content (AvgIpc) is 2.59. The van der Waals surface area contributed by atoms with E-state index < -0.39 is 0 Å². The molecule has 0 N–H and O–H groups in total. The first-order valence-corrected chi connectivity index (χ1v) is 6.31. The zero-order valence-corrected chi connectivity index (χ0v) is 11.9. The van der Waals surface area contributed by atoms with Crippen LogP contribution in [-0.4, -0.2) is 10.9 Å². The summed E-state index contributed by atoms with van der Waals surface area (Å²) in [4.78, 5) is 11.0. The lowest BCUT2D eigenvalue weighted by atomic mass is 10.2. The number of aldehydes is 1. The predicted molar refractivity (Wildman–Crippen MR) is 75.4 cm³/mol. The molecule has 94 valence electrons. The van der Waals surface area contributed by atoms with E-state index in [-0.39, 0.29) is 0 Å². The van der Waals surface area contributed by atoms with Crippen LogP contribution in [0.2, 0.25) is 10.0 Å². The van der Waals surface area contributed by atoms with Crippen LogP contribution < -0.4 is 0 Å². The first-order chi connectivity index (χ1) is 8.45. The van der Waals surface area contributed by atoms with Crippen molar-refractivity contribution in [1.82, 2.24) is 4.57 Å². The van der Waals surface area contributed by atoms with E-state index in [1.54, 1.807) is 0 Å². The summed E-state index contributed by atoms with van der Waals surface area (Å²) >= 11 is 12.4. The van der Waals surface area contributed by atoms with Crippen LogP contribution >= 0.6 is 23.2 Å². The summed E-state index contributed by atoms with van der Waals surface area (Å²) in [5.74, 6) is 0. The van der Waals surface area contributed by atoms with Gasteiger partial charge < -0.3 is 4.57 Å². The molecule has 0 bridgehead atoms. The van der Waals surface area contributed by atoms with Gasteiger partial charge in [-0.15, -0.1) is 0 Å². The summed E-state index contributed by atoms with van der Waals surface area (Å²) in [6.45, 7) is 5.73. The van der Waals surface area contributed by atoms with E-state index in [0.717, 1.165) is 28.9 Å².